The minimum atomic E-state index is 0.357. The van der Waals surface area contributed by atoms with Crippen molar-refractivity contribution in [1.29, 1.82) is 0 Å². The molecule has 1 aliphatic carbocycles. The number of aromatic hydroxyl groups is 1. The fraction of sp³-hybridized carbons (Fsp3) is 0.600. The van der Waals surface area contributed by atoms with Gasteiger partial charge < -0.3 is 10.4 Å². The van der Waals surface area contributed by atoms with E-state index in [1.165, 1.54) is 29.5 Å². The third-order valence-electron chi connectivity index (χ3n) is 3.82. The summed E-state index contributed by atoms with van der Waals surface area (Å²) in [5.74, 6) is 0.511. The second-order valence-corrected chi connectivity index (χ2v) is 5.15. The summed E-state index contributed by atoms with van der Waals surface area (Å²) in [7, 11) is 0. The molecule has 0 bridgehead atoms. The lowest BCUT2D eigenvalue weighted by molar-refractivity contribution is 0.444. The predicted molar refractivity (Wildman–Crippen MR) is 71.6 cm³/mol. The maximum atomic E-state index is 10.2. The molecule has 0 unspecified atom stereocenters. The van der Waals surface area contributed by atoms with E-state index in [-0.39, 0.29) is 0 Å². The molecule has 2 nitrogen and oxygen atoms in total. The number of hydrogen-bond acceptors (Lipinski definition) is 2. The molecule has 0 aromatic heterocycles. The van der Waals surface area contributed by atoms with Gasteiger partial charge in [-0.1, -0.05) is 19.4 Å². The fourth-order valence-corrected chi connectivity index (χ4v) is 2.85. The highest BCUT2D eigenvalue weighted by molar-refractivity contribution is 5.53. The summed E-state index contributed by atoms with van der Waals surface area (Å²) in [4.78, 5) is 0. The van der Waals surface area contributed by atoms with Crippen LogP contribution in [0.15, 0.2) is 6.07 Å². The molecular weight excluding hydrogens is 210 g/mol. The Labute approximate surface area is 104 Å². The largest absolute Gasteiger partial charge is 0.507 e. The zero-order chi connectivity index (χ0) is 12.4. The Kier molecular flexibility index (Phi) is 3.72. The second kappa shape index (κ2) is 5.09. The molecule has 0 saturated carbocycles. The number of fused-ring (bicyclic) bond motifs is 1. The molecule has 2 rings (SSSR count). The number of phenols is 1. The molecule has 0 spiro atoms. The van der Waals surface area contributed by atoms with Crippen molar-refractivity contribution in [2.24, 2.45) is 0 Å². The highest BCUT2D eigenvalue weighted by Crippen LogP contribution is 2.41. The van der Waals surface area contributed by atoms with Crippen molar-refractivity contribution in [2.75, 3.05) is 6.54 Å². The van der Waals surface area contributed by atoms with Crippen LogP contribution in [0.25, 0.3) is 0 Å². The van der Waals surface area contributed by atoms with Crippen LogP contribution in [0.4, 0.5) is 0 Å². The molecule has 2 N–H and O–H groups in total. The lowest BCUT2D eigenvalue weighted by atomic mass is 9.98. The third-order valence-corrected chi connectivity index (χ3v) is 3.82. The van der Waals surface area contributed by atoms with Gasteiger partial charge in [0.15, 0.2) is 0 Å². The number of benzene rings is 1. The Morgan fingerprint density at radius 2 is 2.12 bits per heavy atom. The summed E-state index contributed by atoms with van der Waals surface area (Å²) < 4.78 is 0. The molecule has 0 amide bonds. The molecule has 0 fully saturated rings. The van der Waals surface area contributed by atoms with Gasteiger partial charge in [-0.05, 0) is 56.3 Å². The molecular formula is C15H23NO. The lowest BCUT2D eigenvalue weighted by Gasteiger charge is -2.17. The number of rotatable bonds is 4. The number of unbranched alkanes of at least 4 members (excludes halogenated alkanes) is 1. The Bertz CT molecular complexity index is 412. The van der Waals surface area contributed by atoms with Crippen LogP contribution in [0.3, 0.4) is 0 Å². The fourth-order valence-electron chi connectivity index (χ4n) is 2.85. The van der Waals surface area contributed by atoms with Crippen molar-refractivity contribution in [1.82, 2.24) is 5.32 Å². The highest BCUT2D eigenvalue weighted by Gasteiger charge is 2.27. The molecule has 1 atom stereocenters. The first-order valence-electron chi connectivity index (χ1n) is 6.70. The van der Waals surface area contributed by atoms with E-state index in [0.29, 0.717) is 11.8 Å². The van der Waals surface area contributed by atoms with E-state index < -0.39 is 0 Å². The highest BCUT2D eigenvalue weighted by atomic mass is 16.3. The maximum Gasteiger partial charge on any atom is 0.123 e. The minimum Gasteiger partial charge on any atom is -0.507 e. The summed E-state index contributed by atoms with van der Waals surface area (Å²) >= 11 is 0. The summed E-state index contributed by atoms with van der Waals surface area (Å²) in [6, 6.07) is 2.46. The zero-order valence-corrected chi connectivity index (χ0v) is 11.1. The minimum absolute atomic E-state index is 0.357. The Morgan fingerprint density at radius 1 is 1.35 bits per heavy atom. The Morgan fingerprint density at radius 3 is 2.82 bits per heavy atom. The Hall–Kier alpha value is -1.02. The molecule has 1 aromatic carbocycles. The van der Waals surface area contributed by atoms with Crippen LogP contribution >= 0.6 is 0 Å². The van der Waals surface area contributed by atoms with Crippen molar-refractivity contribution in [3.8, 4) is 5.75 Å². The van der Waals surface area contributed by atoms with Gasteiger partial charge in [-0.25, -0.2) is 0 Å². The van der Waals surface area contributed by atoms with Gasteiger partial charge in [0.05, 0.1) is 0 Å². The number of nitrogens with one attached hydrogen (secondary N) is 1. The van der Waals surface area contributed by atoms with Gasteiger partial charge in [-0.2, -0.15) is 0 Å². The van der Waals surface area contributed by atoms with E-state index in [0.717, 1.165) is 24.9 Å². The topological polar surface area (TPSA) is 32.3 Å². The second-order valence-electron chi connectivity index (χ2n) is 5.15. The van der Waals surface area contributed by atoms with Crippen LogP contribution in [-0.2, 0) is 6.42 Å². The number of hydrogen-bond donors (Lipinski definition) is 2. The van der Waals surface area contributed by atoms with Gasteiger partial charge in [0.25, 0.3) is 0 Å². The summed E-state index contributed by atoms with van der Waals surface area (Å²) in [5, 5.41) is 13.8. The van der Waals surface area contributed by atoms with Crippen molar-refractivity contribution in [2.45, 2.75) is 52.5 Å². The first kappa shape index (κ1) is 12.4. The van der Waals surface area contributed by atoms with E-state index in [9.17, 15) is 5.11 Å². The van der Waals surface area contributed by atoms with E-state index in [4.69, 9.17) is 0 Å². The average Bonchev–Trinajstić information content (AvgIpc) is 2.71. The summed E-state index contributed by atoms with van der Waals surface area (Å²) in [6.45, 7) is 7.40. The van der Waals surface area contributed by atoms with Gasteiger partial charge >= 0.3 is 0 Å². The molecule has 0 saturated heterocycles. The lowest BCUT2D eigenvalue weighted by Crippen LogP contribution is -2.20. The molecule has 1 aromatic rings. The predicted octanol–water partition coefficient (Wildman–Crippen LogP) is 3.39. The maximum absolute atomic E-state index is 10.2. The SMILES string of the molecule is CCCCN[C@@H]1CCc2c(C)cc(C)c(O)c21. The van der Waals surface area contributed by atoms with E-state index in [2.05, 4.69) is 25.2 Å². The van der Waals surface area contributed by atoms with Crippen LogP contribution < -0.4 is 5.32 Å². The van der Waals surface area contributed by atoms with E-state index >= 15 is 0 Å². The van der Waals surface area contributed by atoms with Crippen LogP contribution in [-0.4, -0.2) is 11.7 Å². The van der Waals surface area contributed by atoms with Crippen molar-refractivity contribution in [3.05, 3.63) is 28.3 Å². The molecule has 1 aliphatic rings. The molecule has 0 aliphatic heterocycles. The smallest absolute Gasteiger partial charge is 0.123 e. The summed E-state index contributed by atoms with van der Waals surface area (Å²) in [5.41, 5.74) is 4.86. The van der Waals surface area contributed by atoms with Crippen LogP contribution in [0.1, 0.15) is 54.5 Å². The molecule has 2 heteroatoms. The molecule has 17 heavy (non-hydrogen) atoms. The normalized spacial score (nSPS) is 18.4. The van der Waals surface area contributed by atoms with E-state index in [1.54, 1.807) is 0 Å². The standard InChI is InChI=1S/C15H23NO/c1-4-5-8-16-13-7-6-12-10(2)9-11(3)15(17)14(12)13/h9,13,16-17H,4-8H2,1-3H3/t13-/m1/s1. The molecule has 0 heterocycles. The Balaban J connectivity index is 2.24. The van der Waals surface area contributed by atoms with Crippen molar-refractivity contribution in [3.63, 3.8) is 0 Å². The van der Waals surface area contributed by atoms with Crippen molar-refractivity contribution >= 4 is 0 Å². The third kappa shape index (κ3) is 2.32. The van der Waals surface area contributed by atoms with Gasteiger partial charge in [-0.15, -0.1) is 0 Å². The van der Waals surface area contributed by atoms with Crippen molar-refractivity contribution < 1.29 is 5.11 Å². The van der Waals surface area contributed by atoms with Crippen LogP contribution in [0, 0.1) is 13.8 Å². The summed E-state index contributed by atoms with van der Waals surface area (Å²) in [6.07, 6.45) is 4.64. The molecule has 0 radical (unpaired) electrons. The van der Waals surface area contributed by atoms with Crippen LogP contribution in [0.2, 0.25) is 0 Å². The first-order chi connectivity index (χ1) is 8.15. The zero-order valence-electron chi connectivity index (χ0n) is 11.1. The van der Waals surface area contributed by atoms with Gasteiger partial charge in [0.2, 0.25) is 0 Å². The van der Waals surface area contributed by atoms with Crippen LogP contribution in [0.5, 0.6) is 5.75 Å². The number of aryl methyl sites for hydroxylation is 2. The molecule has 94 valence electrons. The average molecular weight is 233 g/mol. The number of phenolic OH excluding ortho intramolecular Hbond substituents is 1. The monoisotopic (exact) mass is 233 g/mol. The quantitative estimate of drug-likeness (QED) is 0.781. The van der Waals surface area contributed by atoms with E-state index in [1.807, 2.05) is 6.92 Å². The van der Waals surface area contributed by atoms with Gasteiger partial charge in [-0.3, -0.25) is 0 Å². The van der Waals surface area contributed by atoms with Gasteiger partial charge in [0, 0.05) is 11.6 Å². The first-order valence-corrected chi connectivity index (χ1v) is 6.70. The van der Waals surface area contributed by atoms with Gasteiger partial charge in [0.1, 0.15) is 5.75 Å².